The molecule has 1 aromatic carbocycles. The molecule has 0 spiro atoms. The first-order chi connectivity index (χ1) is 9.56. The van der Waals surface area contributed by atoms with Gasteiger partial charge >= 0.3 is 0 Å². The lowest BCUT2D eigenvalue weighted by Crippen LogP contribution is -2.50. The van der Waals surface area contributed by atoms with E-state index in [9.17, 15) is 9.90 Å². The van der Waals surface area contributed by atoms with Crippen LogP contribution in [-0.4, -0.2) is 29.8 Å². The van der Waals surface area contributed by atoms with E-state index < -0.39 is 5.54 Å². The summed E-state index contributed by atoms with van der Waals surface area (Å²) in [6, 6.07) is 5.90. The SMILES string of the molecule is Cc1cccc(C)c1OCC(=O)NC1(CO)CCCC1. The fourth-order valence-electron chi connectivity index (χ4n) is 2.87. The molecule has 110 valence electrons. The van der Waals surface area contributed by atoms with Crippen molar-refractivity contribution in [2.75, 3.05) is 13.2 Å². The van der Waals surface area contributed by atoms with Gasteiger partial charge in [-0.3, -0.25) is 4.79 Å². The van der Waals surface area contributed by atoms with E-state index in [1.165, 1.54) is 0 Å². The number of ether oxygens (including phenoxy) is 1. The molecule has 0 heterocycles. The van der Waals surface area contributed by atoms with Gasteiger partial charge in [-0.2, -0.15) is 0 Å². The lowest BCUT2D eigenvalue weighted by Gasteiger charge is -2.28. The number of benzene rings is 1. The number of aliphatic hydroxyl groups is 1. The van der Waals surface area contributed by atoms with Crippen LogP contribution in [-0.2, 0) is 4.79 Å². The first-order valence-corrected chi connectivity index (χ1v) is 7.17. The number of aliphatic hydroxyl groups excluding tert-OH is 1. The summed E-state index contributed by atoms with van der Waals surface area (Å²) >= 11 is 0. The van der Waals surface area contributed by atoms with Gasteiger partial charge in [0, 0.05) is 0 Å². The molecule has 1 fully saturated rings. The van der Waals surface area contributed by atoms with Gasteiger partial charge in [0.1, 0.15) is 5.75 Å². The summed E-state index contributed by atoms with van der Waals surface area (Å²) in [7, 11) is 0. The van der Waals surface area contributed by atoms with E-state index in [-0.39, 0.29) is 19.1 Å². The molecule has 0 saturated heterocycles. The minimum atomic E-state index is -0.429. The minimum absolute atomic E-state index is 0.00212. The summed E-state index contributed by atoms with van der Waals surface area (Å²) in [5, 5.41) is 12.4. The second-order valence-electron chi connectivity index (χ2n) is 5.70. The molecule has 0 atom stereocenters. The van der Waals surface area contributed by atoms with Crippen LogP contribution in [0.1, 0.15) is 36.8 Å². The van der Waals surface area contributed by atoms with Gasteiger partial charge in [-0.05, 0) is 37.8 Å². The first-order valence-electron chi connectivity index (χ1n) is 7.17. The van der Waals surface area contributed by atoms with Gasteiger partial charge in [0.05, 0.1) is 12.1 Å². The predicted molar refractivity (Wildman–Crippen MR) is 77.8 cm³/mol. The van der Waals surface area contributed by atoms with E-state index in [4.69, 9.17) is 4.74 Å². The van der Waals surface area contributed by atoms with Gasteiger partial charge in [0.15, 0.2) is 6.61 Å². The van der Waals surface area contributed by atoms with E-state index in [0.29, 0.717) is 0 Å². The molecule has 0 radical (unpaired) electrons. The maximum Gasteiger partial charge on any atom is 0.258 e. The summed E-state index contributed by atoms with van der Waals surface area (Å²) in [6.45, 7) is 3.93. The normalized spacial score (nSPS) is 16.9. The number of hydrogen-bond donors (Lipinski definition) is 2. The molecule has 0 aliphatic heterocycles. The number of nitrogens with one attached hydrogen (secondary N) is 1. The average Bonchev–Trinajstić information content (AvgIpc) is 2.87. The maximum absolute atomic E-state index is 12.0. The monoisotopic (exact) mass is 277 g/mol. The van der Waals surface area contributed by atoms with Crippen LogP contribution in [0.3, 0.4) is 0 Å². The van der Waals surface area contributed by atoms with Crippen molar-refractivity contribution in [3.8, 4) is 5.75 Å². The van der Waals surface area contributed by atoms with Crippen LogP contribution < -0.4 is 10.1 Å². The van der Waals surface area contributed by atoms with Crippen molar-refractivity contribution >= 4 is 5.91 Å². The zero-order valence-electron chi connectivity index (χ0n) is 12.2. The molecule has 0 bridgehead atoms. The molecule has 2 rings (SSSR count). The standard InChI is InChI=1S/C16H23NO3/c1-12-6-5-7-13(2)15(12)20-10-14(19)17-16(11-18)8-3-4-9-16/h5-7,18H,3-4,8-11H2,1-2H3,(H,17,19). The molecular weight excluding hydrogens is 254 g/mol. The number of carbonyl (C=O) groups is 1. The van der Waals surface area contributed by atoms with E-state index in [1.807, 2.05) is 32.0 Å². The number of aryl methyl sites for hydroxylation is 2. The van der Waals surface area contributed by atoms with Crippen molar-refractivity contribution in [1.29, 1.82) is 0 Å². The van der Waals surface area contributed by atoms with Crippen molar-refractivity contribution in [1.82, 2.24) is 5.32 Å². The number of amides is 1. The molecule has 0 unspecified atom stereocenters. The van der Waals surface area contributed by atoms with E-state index in [0.717, 1.165) is 42.6 Å². The van der Waals surface area contributed by atoms with Crippen LogP contribution in [0.25, 0.3) is 0 Å². The highest BCUT2D eigenvalue weighted by Crippen LogP contribution is 2.29. The van der Waals surface area contributed by atoms with Crippen molar-refractivity contribution in [3.63, 3.8) is 0 Å². The number of hydrogen-bond acceptors (Lipinski definition) is 3. The molecule has 1 amide bonds. The predicted octanol–water partition coefficient (Wildman–Crippen LogP) is 2.10. The molecule has 4 heteroatoms. The summed E-state index contributed by atoms with van der Waals surface area (Å²) in [5.41, 5.74) is 1.62. The molecule has 1 aliphatic rings. The van der Waals surface area contributed by atoms with Gasteiger partial charge in [-0.1, -0.05) is 31.0 Å². The van der Waals surface area contributed by atoms with Crippen molar-refractivity contribution in [3.05, 3.63) is 29.3 Å². The molecular formula is C16H23NO3. The molecule has 1 aromatic rings. The summed E-state index contributed by atoms with van der Waals surface area (Å²) in [4.78, 5) is 12.0. The Morgan fingerprint density at radius 3 is 2.45 bits per heavy atom. The van der Waals surface area contributed by atoms with Gasteiger partial charge in [-0.15, -0.1) is 0 Å². The average molecular weight is 277 g/mol. The highest BCUT2D eigenvalue weighted by Gasteiger charge is 2.34. The molecule has 0 aromatic heterocycles. The molecule has 20 heavy (non-hydrogen) atoms. The number of para-hydroxylation sites is 1. The molecule has 2 N–H and O–H groups in total. The fourth-order valence-corrected chi connectivity index (χ4v) is 2.87. The lowest BCUT2D eigenvalue weighted by atomic mass is 9.99. The Morgan fingerprint density at radius 2 is 1.90 bits per heavy atom. The van der Waals surface area contributed by atoms with E-state index in [2.05, 4.69) is 5.32 Å². The van der Waals surface area contributed by atoms with Crippen LogP contribution in [0.5, 0.6) is 5.75 Å². The Morgan fingerprint density at radius 1 is 1.30 bits per heavy atom. The van der Waals surface area contributed by atoms with Crippen LogP contribution in [0.15, 0.2) is 18.2 Å². The van der Waals surface area contributed by atoms with Crippen molar-refractivity contribution < 1.29 is 14.6 Å². The fraction of sp³-hybridized carbons (Fsp3) is 0.562. The minimum Gasteiger partial charge on any atom is -0.483 e. The van der Waals surface area contributed by atoms with Crippen LogP contribution in [0, 0.1) is 13.8 Å². The van der Waals surface area contributed by atoms with Crippen LogP contribution >= 0.6 is 0 Å². The topological polar surface area (TPSA) is 58.6 Å². The third kappa shape index (κ3) is 3.31. The van der Waals surface area contributed by atoms with E-state index in [1.54, 1.807) is 0 Å². The van der Waals surface area contributed by atoms with Gasteiger partial charge in [0.2, 0.25) is 0 Å². The molecule has 1 aliphatic carbocycles. The van der Waals surface area contributed by atoms with Gasteiger partial charge in [0.25, 0.3) is 5.91 Å². The maximum atomic E-state index is 12.0. The lowest BCUT2D eigenvalue weighted by molar-refractivity contribution is -0.125. The van der Waals surface area contributed by atoms with Gasteiger partial charge in [-0.25, -0.2) is 0 Å². The summed E-state index contributed by atoms with van der Waals surface area (Å²) in [5.74, 6) is 0.607. The third-order valence-corrected chi connectivity index (χ3v) is 4.02. The Balaban J connectivity index is 1.92. The van der Waals surface area contributed by atoms with Gasteiger partial charge < -0.3 is 15.2 Å². The Labute approximate surface area is 120 Å². The Bertz CT molecular complexity index is 458. The van der Waals surface area contributed by atoms with Crippen molar-refractivity contribution in [2.24, 2.45) is 0 Å². The second kappa shape index (κ2) is 6.27. The zero-order chi connectivity index (χ0) is 14.6. The molecule has 1 saturated carbocycles. The molecule has 4 nitrogen and oxygen atoms in total. The highest BCUT2D eigenvalue weighted by molar-refractivity contribution is 5.78. The van der Waals surface area contributed by atoms with E-state index >= 15 is 0 Å². The quantitative estimate of drug-likeness (QED) is 0.866. The third-order valence-electron chi connectivity index (χ3n) is 4.02. The smallest absolute Gasteiger partial charge is 0.258 e. The first kappa shape index (κ1) is 14.9. The Hall–Kier alpha value is -1.55. The Kier molecular flexibility index (Phi) is 4.65. The summed E-state index contributed by atoms with van der Waals surface area (Å²) in [6.07, 6.45) is 3.80. The largest absolute Gasteiger partial charge is 0.483 e. The van der Waals surface area contributed by atoms with Crippen molar-refractivity contribution in [2.45, 2.75) is 45.1 Å². The van der Waals surface area contributed by atoms with Crippen LogP contribution in [0.4, 0.5) is 0 Å². The number of carbonyl (C=O) groups excluding carboxylic acids is 1. The van der Waals surface area contributed by atoms with Crippen LogP contribution in [0.2, 0.25) is 0 Å². The highest BCUT2D eigenvalue weighted by atomic mass is 16.5. The second-order valence-corrected chi connectivity index (χ2v) is 5.70. The summed E-state index contributed by atoms with van der Waals surface area (Å²) < 4.78 is 5.64. The number of rotatable bonds is 5. The zero-order valence-corrected chi connectivity index (χ0v) is 12.2.